The van der Waals surface area contributed by atoms with Crippen LogP contribution in [0.1, 0.15) is 0 Å². The summed E-state index contributed by atoms with van der Waals surface area (Å²) < 4.78 is 13.2. The molecule has 0 aliphatic carbocycles. The first-order chi connectivity index (χ1) is 12.6. The van der Waals surface area contributed by atoms with E-state index in [9.17, 15) is 9.18 Å². The fourth-order valence-corrected chi connectivity index (χ4v) is 2.53. The van der Waals surface area contributed by atoms with Crippen molar-refractivity contribution < 1.29 is 14.0 Å². The van der Waals surface area contributed by atoms with Crippen LogP contribution in [0.2, 0.25) is 5.02 Å². The number of para-hydroxylation sites is 1. The molecule has 0 unspecified atom stereocenters. The number of carbonyl (C=O) groups excluding carboxylic acids is 1. The van der Waals surface area contributed by atoms with Crippen LogP contribution in [0.4, 0.5) is 15.9 Å². The van der Waals surface area contributed by atoms with E-state index in [1.807, 2.05) is 6.07 Å². The van der Waals surface area contributed by atoms with Gasteiger partial charge < -0.3 is 5.32 Å². The largest absolute Gasteiger partial charge is 0.361 e. The van der Waals surface area contributed by atoms with E-state index in [2.05, 4.69) is 15.3 Å². The fourth-order valence-electron chi connectivity index (χ4n) is 2.24. The summed E-state index contributed by atoms with van der Waals surface area (Å²) in [6.07, 6.45) is 1.34. The summed E-state index contributed by atoms with van der Waals surface area (Å²) in [4.78, 5) is 26.0. The van der Waals surface area contributed by atoms with Crippen molar-refractivity contribution >= 4 is 51.5 Å². The molecule has 1 heterocycles. The zero-order chi connectivity index (χ0) is 18.5. The van der Waals surface area contributed by atoms with Gasteiger partial charge in [-0.3, -0.25) is 4.79 Å². The number of halogens is 3. The number of alkyl halides is 1. The molecular formula is C17H13Cl2FN4O2. The Bertz CT molecular complexity index is 936. The van der Waals surface area contributed by atoms with E-state index in [1.165, 1.54) is 24.5 Å². The van der Waals surface area contributed by atoms with Crippen LogP contribution in [-0.2, 0) is 9.63 Å². The zero-order valence-corrected chi connectivity index (χ0v) is 14.8. The van der Waals surface area contributed by atoms with Crippen LogP contribution >= 0.6 is 23.2 Å². The van der Waals surface area contributed by atoms with E-state index in [0.29, 0.717) is 16.6 Å². The summed E-state index contributed by atoms with van der Waals surface area (Å²) in [5.41, 5.74) is 1.19. The van der Waals surface area contributed by atoms with Gasteiger partial charge in [-0.1, -0.05) is 23.7 Å². The fraction of sp³-hybridized carbons (Fsp3) is 0.118. The van der Waals surface area contributed by atoms with Crippen LogP contribution < -0.4 is 10.4 Å². The maximum atomic E-state index is 13.2. The Balaban J connectivity index is 1.80. The van der Waals surface area contributed by atoms with Gasteiger partial charge in [-0.05, 0) is 30.3 Å². The van der Waals surface area contributed by atoms with Gasteiger partial charge in [0, 0.05) is 11.1 Å². The van der Waals surface area contributed by atoms with Gasteiger partial charge in [0.05, 0.1) is 10.5 Å². The number of nitrogens with zero attached hydrogens (tertiary/aromatic N) is 3. The summed E-state index contributed by atoms with van der Waals surface area (Å²) in [6.45, 7) is -0.0943. The Hall–Kier alpha value is -2.48. The number of benzene rings is 2. The highest BCUT2D eigenvalue weighted by Crippen LogP contribution is 2.24. The van der Waals surface area contributed by atoms with E-state index in [-0.39, 0.29) is 23.5 Å². The number of hydrogen-bond donors (Lipinski definition) is 1. The van der Waals surface area contributed by atoms with E-state index < -0.39 is 11.7 Å². The van der Waals surface area contributed by atoms with Crippen molar-refractivity contribution in [2.24, 2.45) is 0 Å². The third kappa shape index (κ3) is 4.01. The Morgan fingerprint density at radius 1 is 1.23 bits per heavy atom. The molecule has 0 aliphatic heterocycles. The van der Waals surface area contributed by atoms with E-state index >= 15 is 0 Å². The van der Waals surface area contributed by atoms with Gasteiger partial charge in [0.25, 0.3) is 5.91 Å². The quantitative estimate of drug-likeness (QED) is 0.388. The lowest BCUT2D eigenvalue weighted by Crippen LogP contribution is -2.34. The van der Waals surface area contributed by atoms with Gasteiger partial charge in [-0.25, -0.2) is 19.2 Å². The van der Waals surface area contributed by atoms with Gasteiger partial charge in [0.1, 0.15) is 24.8 Å². The molecule has 2 aromatic carbocycles. The minimum atomic E-state index is -0.524. The number of rotatable bonds is 6. The van der Waals surface area contributed by atoms with E-state index in [1.54, 1.807) is 18.2 Å². The molecule has 26 heavy (non-hydrogen) atoms. The van der Waals surface area contributed by atoms with Gasteiger partial charge >= 0.3 is 0 Å². The Morgan fingerprint density at radius 2 is 2.04 bits per heavy atom. The second-order valence-electron chi connectivity index (χ2n) is 5.12. The molecule has 1 amide bonds. The molecule has 0 spiro atoms. The average Bonchev–Trinajstić information content (AvgIpc) is 2.67. The molecule has 1 N–H and O–H groups in total. The maximum absolute atomic E-state index is 13.2. The molecule has 6 nitrogen and oxygen atoms in total. The summed E-state index contributed by atoms with van der Waals surface area (Å²) in [7, 11) is 0. The summed E-state index contributed by atoms with van der Waals surface area (Å²) in [5, 5.41) is 4.51. The van der Waals surface area contributed by atoms with Crippen LogP contribution in [0.25, 0.3) is 10.9 Å². The van der Waals surface area contributed by atoms with Crippen LogP contribution in [0.3, 0.4) is 0 Å². The number of nitrogens with one attached hydrogen (secondary N) is 1. The topological polar surface area (TPSA) is 67.3 Å². The minimum Gasteiger partial charge on any atom is -0.361 e. The molecule has 0 saturated carbocycles. The Labute approximate surface area is 158 Å². The number of hydroxylamine groups is 1. The molecular weight excluding hydrogens is 382 g/mol. The third-order valence-corrected chi connectivity index (χ3v) is 3.96. The zero-order valence-electron chi connectivity index (χ0n) is 13.3. The lowest BCUT2D eigenvalue weighted by Gasteiger charge is -2.21. The normalized spacial score (nSPS) is 10.7. The SMILES string of the molecule is O=C(CCl)N(OCNc1ccc(F)c(Cl)c1)c1ncnc2ccccc12. The molecule has 134 valence electrons. The lowest BCUT2D eigenvalue weighted by molar-refractivity contribution is -0.123. The summed E-state index contributed by atoms with van der Waals surface area (Å²) in [6, 6.07) is 11.3. The highest BCUT2D eigenvalue weighted by Gasteiger charge is 2.20. The molecule has 0 fully saturated rings. The van der Waals surface area contributed by atoms with Crippen molar-refractivity contribution in [3.05, 3.63) is 59.6 Å². The highest BCUT2D eigenvalue weighted by molar-refractivity contribution is 6.31. The Morgan fingerprint density at radius 3 is 2.81 bits per heavy atom. The smallest absolute Gasteiger partial charge is 0.267 e. The number of fused-ring (bicyclic) bond motifs is 1. The highest BCUT2D eigenvalue weighted by atomic mass is 35.5. The minimum absolute atomic E-state index is 0.0227. The van der Waals surface area contributed by atoms with Crippen molar-refractivity contribution in [3.8, 4) is 0 Å². The van der Waals surface area contributed by atoms with Crippen LogP contribution in [0.15, 0.2) is 48.8 Å². The average molecular weight is 395 g/mol. The number of hydrogen-bond acceptors (Lipinski definition) is 5. The summed E-state index contributed by atoms with van der Waals surface area (Å²) in [5.74, 6) is -1.03. The number of aromatic nitrogens is 2. The predicted octanol–water partition coefficient (Wildman–Crippen LogP) is 4.00. The first-order valence-corrected chi connectivity index (χ1v) is 8.42. The Kier molecular flexibility index (Phi) is 5.82. The first-order valence-electron chi connectivity index (χ1n) is 7.50. The molecule has 3 aromatic rings. The van der Waals surface area contributed by atoms with Crippen molar-refractivity contribution in [3.63, 3.8) is 0 Å². The van der Waals surface area contributed by atoms with Crippen molar-refractivity contribution in [2.75, 3.05) is 23.0 Å². The number of amides is 1. The van der Waals surface area contributed by atoms with Gasteiger partial charge in [-0.2, -0.15) is 5.06 Å². The standard InChI is InChI=1S/C17H13Cl2FN4O2/c18-8-16(25)24(17-12-3-1-2-4-15(12)21-9-22-17)26-10-23-11-5-6-14(20)13(19)7-11/h1-7,9,23H,8,10H2. The van der Waals surface area contributed by atoms with E-state index in [4.69, 9.17) is 28.0 Å². The lowest BCUT2D eigenvalue weighted by atomic mass is 10.2. The second kappa shape index (κ2) is 8.27. The molecule has 1 aromatic heterocycles. The van der Waals surface area contributed by atoms with Crippen LogP contribution in [-0.4, -0.2) is 28.5 Å². The van der Waals surface area contributed by atoms with Gasteiger partial charge in [-0.15, -0.1) is 11.6 Å². The van der Waals surface area contributed by atoms with Crippen LogP contribution in [0, 0.1) is 5.82 Å². The van der Waals surface area contributed by atoms with Crippen LogP contribution in [0.5, 0.6) is 0 Å². The molecule has 0 atom stereocenters. The first kappa shape index (κ1) is 18.3. The van der Waals surface area contributed by atoms with Gasteiger partial charge in [0.15, 0.2) is 5.82 Å². The molecule has 0 saturated heterocycles. The molecule has 3 rings (SSSR count). The predicted molar refractivity (Wildman–Crippen MR) is 98.7 cm³/mol. The molecule has 0 radical (unpaired) electrons. The molecule has 0 aliphatic rings. The number of carbonyl (C=O) groups is 1. The maximum Gasteiger partial charge on any atom is 0.267 e. The van der Waals surface area contributed by atoms with Crippen molar-refractivity contribution in [2.45, 2.75) is 0 Å². The second-order valence-corrected chi connectivity index (χ2v) is 5.79. The van der Waals surface area contributed by atoms with Crippen molar-refractivity contribution in [1.82, 2.24) is 9.97 Å². The summed E-state index contributed by atoms with van der Waals surface area (Å²) >= 11 is 11.4. The van der Waals surface area contributed by atoms with Gasteiger partial charge in [0.2, 0.25) is 0 Å². The van der Waals surface area contributed by atoms with Crippen molar-refractivity contribution in [1.29, 1.82) is 0 Å². The molecule has 9 heteroatoms. The number of anilines is 2. The third-order valence-electron chi connectivity index (χ3n) is 3.44. The monoisotopic (exact) mass is 394 g/mol. The molecule has 0 bridgehead atoms. The van der Waals surface area contributed by atoms with E-state index in [0.717, 1.165) is 5.06 Å².